The van der Waals surface area contributed by atoms with Gasteiger partial charge in [0.05, 0.1) is 16.7 Å². The second kappa shape index (κ2) is 7.77. The third-order valence-corrected chi connectivity index (χ3v) is 3.97. The first-order valence-electron chi connectivity index (χ1n) is 8.01. The zero-order valence-electron chi connectivity index (χ0n) is 14.3. The number of carbonyl (C=O) groups excluding carboxylic acids is 1. The van der Waals surface area contributed by atoms with Gasteiger partial charge in [-0.25, -0.2) is 4.98 Å². The Morgan fingerprint density at radius 2 is 1.96 bits per heavy atom. The highest BCUT2D eigenvalue weighted by Crippen LogP contribution is 2.23. The number of aliphatic hydroxyl groups is 1. The van der Waals surface area contributed by atoms with E-state index in [0.29, 0.717) is 16.1 Å². The number of amides is 1. The highest BCUT2D eigenvalue weighted by atomic mass is 35.5. The van der Waals surface area contributed by atoms with Crippen LogP contribution >= 0.6 is 11.6 Å². The fraction of sp³-hybridized carbons (Fsp3) is 0.0500. The first-order chi connectivity index (χ1) is 13.0. The zero-order valence-corrected chi connectivity index (χ0v) is 15.1. The number of carbonyl (C=O) groups is 1. The van der Waals surface area contributed by atoms with Crippen molar-refractivity contribution in [3.8, 4) is 6.07 Å². The molecule has 3 rings (SSSR count). The molecular formula is C20H15ClN4O2. The number of imidazole rings is 1. The number of allylic oxidation sites excluding steroid dienone is 1. The zero-order chi connectivity index (χ0) is 19.4. The Morgan fingerprint density at radius 3 is 2.59 bits per heavy atom. The molecule has 2 aromatic carbocycles. The highest BCUT2D eigenvalue weighted by molar-refractivity contribution is 6.30. The molecule has 0 saturated carbocycles. The number of nitrogens with zero attached hydrogens (tertiary/aromatic N) is 2. The summed E-state index contributed by atoms with van der Waals surface area (Å²) < 4.78 is 0. The number of aliphatic hydroxyl groups excluding tert-OH is 1. The molecule has 27 heavy (non-hydrogen) atoms. The van der Waals surface area contributed by atoms with Gasteiger partial charge < -0.3 is 15.4 Å². The number of hydrogen-bond acceptors (Lipinski definition) is 4. The molecule has 0 aliphatic rings. The molecule has 3 N–H and O–H groups in total. The van der Waals surface area contributed by atoms with Crippen molar-refractivity contribution in [1.29, 1.82) is 5.26 Å². The number of benzene rings is 2. The van der Waals surface area contributed by atoms with Crippen LogP contribution in [0.15, 0.2) is 60.0 Å². The summed E-state index contributed by atoms with van der Waals surface area (Å²) >= 11 is 5.88. The van der Waals surface area contributed by atoms with Crippen LogP contribution in [0.2, 0.25) is 5.02 Å². The van der Waals surface area contributed by atoms with Gasteiger partial charge in [0.15, 0.2) is 11.6 Å². The van der Waals surface area contributed by atoms with E-state index in [9.17, 15) is 15.2 Å². The Hall–Kier alpha value is -3.56. The van der Waals surface area contributed by atoms with E-state index >= 15 is 0 Å². The Morgan fingerprint density at radius 1 is 1.26 bits per heavy atom. The quantitative estimate of drug-likeness (QED) is 0.360. The Labute approximate surface area is 160 Å². The molecule has 0 atom stereocenters. The minimum Gasteiger partial charge on any atom is -0.504 e. The first-order valence-corrected chi connectivity index (χ1v) is 8.39. The van der Waals surface area contributed by atoms with Crippen LogP contribution in [0.5, 0.6) is 0 Å². The number of fused-ring (bicyclic) bond motifs is 1. The molecular weight excluding hydrogens is 364 g/mol. The van der Waals surface area contributed by atoms with Crippen LogP contribution in [-0.4, -0.2) is 21.0 Å². The van der Waals surface area contributed by atoms with E-state index in [1.807, 2.05) is 24.3 Å². The molecule has 1 heterocycles. The van der Waals surface area contributed by atoms with Gasteiger partial charge in [0.1, 0.15) is 11.6 Å². The largest absolute Gasteiger partial charge is 0.504 e. The summed E-state index contributed by atoms with van der Waals surface area (Å²) in [5.41, 5.74) is 2.09. The standard InChI is InChI=1S/C20H15ClN4O2/c1-12(26)23-18(10-13-6-8-14(21)9-7-13)19(27)15(11-22)20-24-16-4-2-3-5-17(16)25-20/h2-10,27H,1H3,(H,23,26)(H,24,25)/b18-10+,19-15-. The normalized spacial score (nSPS) is 12.4. The van der Waals surface area contributed by atoms with Crippen LogP contribution in [0.25, 0.3) is 22.7 Å². The SMILES string of the molecule is CC(=O)NC(=C/c1ccc(Cl)cc1)/C(O)=C(\C#N)c1nc2ccccc2[nH]1. The number of aromatic amines is 1. The lowest BCUT2D eigenvalue weighted by molar-refractivity contribution is -0.118. The van der Waals surface area contributed by atoms with Crippen molar-refractivity contribution in [2.75, 3.05) is 0 Å². The Kier molecular flexibility index (Phi) is 5.25. The van der Waals surface area contributed by atoms with Crippen molar-refractivity contribution in [3.05, 3.63) is 76.4 Å². The van der Waals surface area contributed by atoms with Crippen molar-refractivity contribution < 1.29 is 9.90 Å². The molecule has 1 aromatic heterocycles. The summed E-state index contributed by atoms with van der Waals surface area (Å²) in [6.07, 6.45) is 1.55. The molecule has 0 aliphatic heterocycles. The molecule has 6 nitrogen and oxygen atoms in total. The van der Waals surface area contributed by atoms with Crippen molar-refractivity contribution in [2.45, 2.75) is 6.92 Å². The fourth-order valence-electron chi connectivity index (χ4n) is 2.50. The summed E-state index contributed by atoms with van der Waals surface area (Å²) in [4.78, 5) is 18.9. The van der Waals surface area contributed by atoms with E-state index < -0.39 is 0 Å². The molecule has 134 valence electrons. The maximum absolute atomic E-state index is 11.6. The lowest BCUT2D eigenvalue weighted by Gasteiger charge is -2.09. The van der Waals surface area contributed by atoms with Crippen LogP contribution in [0, 0.1) is 11.3 Å². The number of rotatable bonds is 4. The predicted molar refractivity (Wildman–Crippen MR) is 105 cm³/mol. The van der Waals surface area contributed by atoms with E-state index in [1.165, 1.54) is 6.92 Å². The summed E-state index contributed by atoms with van der Waals surface area (Å²) in [5, 5.41) is 23.4. The number of nitriles is 1. The maximum Gasteiger partial charge on any atom is 0.221 e. The van der Waals surface area contributed by atoms with Gasteiger partial charge in [-0.3, -0.25) is 4.79 Å². The van der Waals surface area contributed by atoms with Gasteiger partial charge in [-0.2, -0.15) is 5.26 Å². The van der Waals surface area contributed by atoms with Gasteiger partial charge in [-0.05, 0) is 35.9 Å². The van der Waals surface area contributed by atoms with Crippen molar-refractivity contribution in [2.24, 2.45) is 0 Å². The second-order valence-electron chi connectivity index (χ2n) is 5.73. The van der Waals surface area contributed by atoms with Crippen LogP contribution in [0.1, 0.15) is 18.3 Å². The summed E-state index contributed by atoms with van der Waals surface area (Å²) in [5.74, 6) is -0.561. The molecule has 7 heteroatoms. The third-order valence-electron chi connectivity index (χ3n) is 3.72. The number of halogens is 1. The highest BCUT2D eigenvalue weighted by Gasteiger charge is 2.17. The fourth-order valence-corrected chi connectivity index (χ4v) is 2.63. The van der Waals surface area contributed by atoms with E-state index in [0.717, 1.165) is 5.52 Å². The molecule has 0 radical (unpaired) electrons. The van der Waals surface area contributed by atoms with Crippen molar-refractivity contribution >= 4 is 40.2 Å². The van der Waals surface area contributed by atoms with Gasteiger partial charge >= 0.3 is 0 Å². The molecule has 0 unspecified atom stereocenters. The summed E-state index contributed by atoms with van der Waals surface area (Å²) in [7, 11) is 0. The van der Waals surface area contributed by atoms with Gasteiger partial charge in [0.2, 0.25) is 5.91 Å². The average Bonchev–Trinajstić information content (AvgIpc) is 3.06. The molecule has 0 fully saturated rings. The smallest absolute Gasteiger partial charge is 0.221 e. The van der Waals surface area contributed by atoms with E-state index in [2.05, 4.69) is 15.3 Å². The summed E-state index contributed by atoms with van der Waals surface area (Å²) in [6, 6.07) is 16.0. The average molecular weight is 379 g/mol. The molecule has 0 spiro atoms. The lowest BCUT2D eigenvalue weighted by Crippen LogP contribution is -2.21. The van der Waals surface area contributed by atoms with Gasteiger partial charge in [0.25, 0.3) is 0 Å². The molecule has 0 bridgehead atoms. The number of aromatic nitrogens is 2. The monoisotopic (exact) mass is 378 g/mol. The van der Waals surface area contributed by atoms with Crippen LogP contribution in [-0.2, 0) is 4.79 Å². The topological polar surface area (TPSA) is 102 Å². The number of hydrogen-bond donors (Lipinski definition) is 3. The minimum absolute atomic E-state index is 0.0832. The lowest BCUT2D eigenvalue weighted by atomic mass is 10.1. The van der Waals surface area contributed by atoms with Gasteiger partial charge in [-0.15, -0.1) is 0 Å². The van der Waals surface area contributed by atoms with Crippen molar-refractivity contribution in [1.82, 2.24) is 15.3 Å². The van der Waals surface area contributed by atoms with E-state index in [-0.39, 0.29) is 28.8 Å². The number of nitrogens with one attached hydrogen (secondary N) is 2. The molecule has 1 amide bonds. The number of H-pyrrole nitrogens is 1. The minimum atomic E-state index is -0.387. The van der Waals surface area contributed by atoms with Crippen LogP contribution < -0.4 is 5.32 Å². The van der Waals surface area contributed by atoms with Crippen LogP contribution in [0.4, 0.5) is 0 Å². The van der Waals surface area contributed by atoms with Crippen LogP contribution in [0.3, 0.4) is 0 Å². The molecule has 0 saturated heterocycles. The predicted octanol–water partition coefficient (Wildman–Crippen LogP) is 4.19. The Bertz CT molecular complexity index is 1070. The van der Waals surface area contributed by atoms with Gasteiger partial charge in [0, 0.05) is 11.9 Å². The second-order valence-corrected chi connectivity index (χ2v) is 6.17. The maximum atomic E-state index is 11.6. The molecule has 3 aromatic rings. The van der Waals surface area contributed by atoms with Gasteiger partial charge in [-0.1, -0.05) is 35.9 Å². The van der Waals surface area contributed by atoms with Crippen molar-refractivity contribution in [3.63, 3.8) is 0 Å². The summed E-state index contributed by atoms with van der Waals surface area (Å²) in [6.45, 7) is 1.32. The Balaban J connectivity index is 2.11. The van der Waals surface area contributed by atoms with E-state index in [4.69, 9.17) is 11.6 Å². The van der Waals surface area contributed by atoms with E-state index in [1.54, 1.807) is 36.4 Å². The number of para-hydroxylation sites is 2. The third kappa shape index (κ3) is 4.17. The molecule has 0 aliphatic carbocycles. The first kappa shape index (κ1) is 18.2.